The van der Waals surface area contributed by atoms with Gasteiger partial charge in [-0.25, -0.2) is 14.4 Å². The lowest BCUT2D eigenvalue weighted by Crippen LogP contribution is -2.21. The topological polar surface area (TPSA) is 78.9 Å². The van der Waals surface area contributed by atoms with E-state index in [4.69, 9.17) is 14.2 Å². The molecule has 0 aliphatic carbocycles. The van der Waals surface area contributed by atoms with Gasteiger partial charge in [-0.1, -0.05) is 46.1 Å². The Morgan fingerprint density at radius 1 is 0.808 bits per heavy atom. The lowest BCUT2D eigenvalue weighted by atomic mass is 10.0. The van der Waals surface area contributed by atoms with Crippen molar-refractivity contribution in [3.63, 3.8) is 0 Å². The minimum Gasteiger partial charge on any atom is -0.463 e. The van der Waals surface area contributed by atoms with Crippen molar-refractivity contribution in [2.24, 2.45) is 0 Å². The molecule has 0 aliphatic heterocycles. The zero-order chi connectivity index (χ0) is 19.8. The molecule has 0 radical (unpaired) electrons. The van der Waals surface area contributed by atoms with Crippen molar-refractivity contribution in [1.82, 2.24) is 0 Å². The number of carbonyl (C=O) groups excluding carboxylic acids is 3. The van der Waals surface area contributed by atoms with Crippen molar-refractivity contribution in [2.75, 3.05) is 19.8 Å². The molecule has 0 aromatic carbocycles. The highest BCUT2D eigenvalue weighted by Crippen LogP contribution is 2.17. The lowest BCUT2D eigenvalue weighted by molar-refractivity contribution is -0.144. The van der Waals surface area contributed by atoms with Gasteiger partial charge in [-0.15, -0.1) is 0 Å². The molecule has 0 aliphatic rings. The Bertz CT molecular complexity index is 493. The van der Waals surface area contributed by atoms with Crippen LogP contribution in [0.1, 0.15) is 65.7 Å². The van der Waals surface area contributed by atoms with Gasteiger partial charge in [0.1, 0.15) is 6.61 Å². The molecule has 0 saturated heterocycles. The van der Waals surface area contributed by atoms with Crippen LogP contribution in [0.4, 0.5) is 0 Å². The van der Waals surface area contributed by atoms with Gasteiger partial charge in [-0.2, -0.15) is 0 Å². The van der Waals surface area contributed by atoms with E-state index >= 15 is 0 Å². The summed E-state index contributed by atoms with van der Waals surface area (Å²) in [6, 6.07) is 0. The average Bonchev–Trinajstić information content (AvgIpc) is 2.63. The van der Waals surface area contributed by atoms with Crippen LogP contribution in [-0.4, -0.2) is 37.7 Å². The van der Waals surface area contributed by atoms with Crippen molar-refractivity contribution in [1.29, 1.82) is 0 Å². The van der Waals surface area contributed by atoms with Crippen molar-refractivity contribution in [2.45, 2.75) is 65.7 Å². The van der Waals surface area contributed by atoms with Gasteiger partial charge in [0.05, 0.1) is 24.4 Å². The van der Waals surface area contributed by atoms with Gasteiger partial charge in [0.15, 0.2) is 0 Å². The van der Waals surface area contributed by atoms with Gasteiger partial charge >= 0.3 is 17.9 Å². The first-order valence-corrected chi connectivity index (χ1v) is 9.37. The van der Waals surface area contributed by atoms with E-state index < -0.39 is 17.9 Å². The molecule has 0 unspecified atom stereocenters. The molecular weight excluding hydrogens is 336 g/mol. The molecule has 0 rings (SSSR count). The van der Waals surface area contributed by atoms with Gasteiger partial charge in [0.2, 0.25) is 0 Å². The number of hydrogen-bond donors (Lipinski definition) is 0. The molecule has 0 N–H and O–H groups in total. The smallest absolute Gasteiger partial charge is 0.338 e. The summed E-state index contributed by atoms with van der Waals surface area (Å²) in [6.45, 7) is 9.21. The van der Waals surface area contributed by atoms with E-state index in [2.05, 4.69) is 13.5 Å². The summed E-state index contributed by atoms with van der Waals surface area (Å²) in [7, 11) is 0. The maximum absolute atomic E-state index is 12.5. The zero-order valence-corrected chi connectivity index (χ0v) is 16.3. The molecule has 0 amide bonds. The second-order valence-electron chi connectivity index (χ2n) is 5.79. The summed E-state index contributed by atoms with van der Waals surface area (Å²) >= 11 is 0. The largest absolute Gasteiger partial charge is 0.463 e. The molecule has 0 saturated carbocycles. The van der Waals surface area contributed by atoms with E-state index in [1.165, 1.54) is 0 Å². The fraction of sp³-hybridized carbons (Fsp3) is 0.650. The highest BCUT2D eigenvalue weighted by molar-refractivity contribution is 6.00. The fourth-order valence-corrected chi connectivity index (χ4v) is 2.20. The summed E-state index contributed by atoms with van der Waals surface area (Å²) in [6.07, 6.45) is 6.79. The molecule has 148 valence electrons. The van der Waals surface area contributed by atoms with E-state index in [1.54, 1.807) is 6.92 Å². The van der Waals surface area contributed by atoms with E-state index in [-0.39, 0.29) is 31.0 Å². The van der Waals surface area contributed by atoms with Crippen LogP contribution < -0.4 is 0 Å². The Balaban J connectivity index is 5.31. The van der Waals surface area contributed by atoms with Gasteiger partial charge in [0, 0.05) is 6.08 Å². The van der Waals surface area contributed by atoms with Gasteiger partial charge in [-0.05, 0) is 26.2 Å². The monoisotopic (exact) mass is 368 g/mol. The average molecular weight is 368 g/mol. The van der Waals surface area contributed by atoms with Crippen LogP contribution in [0.2, 0.25) is 0 Å². The van der Waals surface area contributed by atoms with Crippen LogP contribution in [0, 0.1) is 0 Å². The minimum atomic E-state index is -0.669. The molecule has 0 aromatic heterocycles. The van der Waals surface area contributed by atoms with Crippen LogP contribution in [-0.2, 0) is 28.6 Å². The van der Waals surface area contributed by atoms with Crippen LogP contribution in [0.3, 0.4) is 0 Å². The third-order valence-corrected chi connectivity index (χ3v) is 3.67. The Hall–Kier alpha value is -2.11. The van der Waals surface area contributed by atoms with E-state index in [9.17, 15) is 14.4 Å². The molecule has 6 heteroatoms. The van der Waals surface area contributed by atoms with Gasteiger partial charge < -0.3 is 14.2 Å². The normalized spacial score (nSPS) is 11.3. The highest BCUT2D eigenvalue weighted by atomic mass is 16.6. The highest BCUT2D eigenvalue weighted by Gasteiger charge is 2.24. The summed E-state index contributed by atoms with van der Waals surface area (Å²) in [4.78, 5) is 36.1. The van der Waals surface area contributed by atoms with Crippen molar-refractivity contribution < 1.29 is 28.6 Å². The molecule has 0 atom stereocenters. The predicted molar refractivity (Wildman–Crippen MR) is 99.4 cm³/mol. The number of hydrogen-bond acceptors (Lipinski definition) is 6. The molecule has 0 heterocycles. The Morgan fingerprint density at radius 3 is 2.04 bits per heavy atom. The third kappa shape index (κ3) is 10.0. The Kier molecular flexibility index (Phi) is 13.9. The standard InChI is InChI=1S/C20H32O6/c1-5-9-11-12-14-25-20(23)17(15-26-18(21)7-3)16(13-10-6-2)19(22)24-8-4/h7H,3,5-6,8-15H2,1-2,4H3. The first kappa shape index (κ1) is 23.9. The number of unbranched alkanes of at least 4 members (excludes halogenated alkanes) is 4. The molecule has 0 aromatic rings. The molecule has 6 nitrogen and oxygen atoms in total. The number of esters is 3. The SMILES string of the molecule is C=CC(=O)OCC(C(=O)OCCCCCC)=C(CCCC)C(=O)OCC. The molecule has 0 fully saturated rings. The third-order valence-electron chi connectivity index (χ3n) is 3.67. The molecule has 0 spiro atoms. The molecule has 26 heavy (non-hydrogen) atoms. The summed E-state index contributed by atoms with van der Waals surface area (Å²) in [5, 5.41) is 0. The molecule has 0 bridgehead atoms. The Morgan fingerprint density at radius 2 is 1.46 bits per heavy atom. The van der Waals surface area contributed by atoms with Gasteiger partial charge in [0.25, 0.3) is 0 Å². The predicted octanol–water partition coefficient (Wildman–Crippen LogP) is 3.89. The summed E-state index contributed by atoms with van der Waals surface area (Å²) in [5.74, 6) is -1.89. The summed E-state index contributed by atoms with van der Waals surface area (Å²) in [5.41, 5.74) is 0.256. The van der Waals surface area contributed by atoms with E-state index in [0.717, 1.165) is 38.2 Å². The van der Waals surface area contributed by atoms with Crippen LogP contribution in [0.25, 0.3) is 0 Å². The van der Waals surface area contributed by atoms with Crippen LogP contribution in [0.15, 0.2) is 23.8 Å². The maximum Gasteiger partial charge on any atom is 0.338 e. The minimum absolute atomic E-state index is 0.0441. The zero-order valence-electron chi connectivity index (χ0n) is 16.3. The van der Waals surface area contributed by atoms with Gasteiger partial charge in [-0.3, -0.25) is 0 Å². The summed E-state index contributed by atoms with van der Waals surface area (Å²) < 4.78 is 15.3. The van der Waals surface area contributed by atoms with Crippen molar-refractivity contribution in [3.05, 3.63) is 23.8 Å². The van der Waals surface area contributed by atoms with E-state index in [0.29, 0.717) is 12.8 Å². The number of ether oxygens (including phenoxy) is 3. The van der Waals surface area contributed by atoms with E-state index in [1.807, 2.05) is 6.92 Å². The quantitative estimate of drug-likeness (QED) is 0.200. The van der Waals surface area contributed by atoms with Crippen LogP contribution >= 0.6 is 0 Å². The van der Waals surface area contributed by atoms with Crippen molar-refractivity contribution >= 4 is 17.9 Å². The maximum atomic E-state index is 12.5. The van der Waals surface area contributed by atoms with Crippen molar-refractivity contribution in [3.8, 4) is 0 Å². The molecular formula is C20H32O6. The first-order chi connectivity index (χ1) is 12.5. The van der Waals surface area contributed by atoms with Crippen LogP contribution in [0.5, 0.6) is 0 Å². The number of carbonyl (C=O) groups is 3. The Labute approximate surface area is 156 Å². The first-order valence-electron chi connectivity index (χ1n) is 9.37. The number of rotatable bonds is 14. The second kappa shape index (κ2) is 15.2. The lowest BCUT2D eigenvalue weighted by Gasteiger charge is -2.14. The fourth-order valence-electron chi connectivity index (χ4n) is 2.20. The second-order valence-corrected chi connectivity index (χ2v) is 5.79.